The Balaban J connectivity index is 2.04. The highest BCUT2D eigenvalue weighted by Crippen LogP contribution is 2.39. The molecule has 1 amide bonds. The van der Waals surface area contributed by atoms with Crippen molar-refractivity contribution in [2.75, 3.05) is 0 Å². The first-order valence-electron chi connectivity index (χ1n) is 5.95. The number of hydrogen-bond donors (Lipinski definition) is 2. The van der Waals surface area contributed by atoms with Crippen LogP contribution in [0.25, 0.3) is 6.08 Å². The van der Waals surface area contributed by atoms with Gasteiger partial charge in [-0.05, 0) is 18.4 Å². The van der Waals surface area contributed by atoms with Crippen LogP contribution in [0.4, 0.5) is 4.79 Å². The van der Waals surface area contributed by atoms with Crippen molar-refractivity contribution >= 4 is 12.2 Å². The van der Waals surface area contributed by atoms with E-state index in [1.54, 1.807) is 0 Å². The lowest BCUT2D eigenvalue weighted by Gasteiger charge is -2.04. The molecule has 0 radical (unpaired) electrons. The zero-order valence-electron chi connectivity index (χ0n) is 9.89. The number of benzene rings is 1. The number of carbonyl (C=O) groups is 1. The van der Waals surface area contributed by atoms with Crippen molar-refractivity contribution in [3.05, 3.63) is 41.5 Å². The lowest BCUT2D eigenvalue weighted by atomic mass is 10.0. The van der Waals surface area contributed by atoms with E-state index in [9.17, 15) is 4.79 Å². The van der Waals surface area contributed by atoms with Crippen LogP contribution in [-0.4, -0.2) is 17.2 Å². The molecular weight excluding hydrogens is 214 g/mol. The Kier molecular flexibility index (Phi) is 3.47. The maximum absolute atomic E-state index is 10.5. The summed E-state index contributed by atoms with van der Waals surface area (Å²) in [6.45, 7) is 2.12. The third kappa shape index (κ3) is 3.09. The van der Waals surface area contributed by atoms with E-state index in [-0.39, 0.29) is 6.04 Å². The average molecular weight is 231 g/mol. The molecule has 3 heteroatoms. The molecular formula is C14H17NO2. The Hall–Kier alpha value is -1.77. The number of hydrogen-bond acceptors (Lipinski definition) is 1. The van der Waals surface area contributed by atoms with Crippen molar-refractivity contribution in [3.63, 3.8) is 0 Å². The van der Waals surface area contributed by atoms with Crippen LogP contribution in [0, 0.1) is 5.92 Å². The predicted molar refractivity (Wildman–Crippen MR) is 67.8 cm³/mol. The standard InChI is InChI=1S/C14H17NO2/c1-2-11(8-10-6-4-3-5-7-10)12-9-13(12)15-14(16)17/h3-8,12-13,15H,2,9H2,1H3,(H,16,17). The summed E-state index contributed by atoms with van der Waals surface area (Å²) in [5.74, 6) is 0.385. The zero-order chi connectivity index (χ0) is 12.3. The third-order valence-corrected chi connectivity index (χ3v) is 3.14. The SMILES string of the molecule is CCC(=Cc1ccccc1)C1CC1NC(=O)O. The summed E-state index contributed by atoms with van der Waals surface area (Å²) in [6, 6.07) is 10.3. The first kappa shape index (κ1) is 11.7. The minimum atomic E-state index is -0.923. The van der Waals surface area contributed by atoms with Crippen LogP contribution in [0.5, 0.6) is 0 Å². The molecule has 90 valence electrons. The molecule has 1 aromatic rings. The summed E-state index contributed by atoms with van der Waals surface area (Å²) in [5.41, 5.74) is 2.51. The lowest BCUT2D eigenvalue weighted by Crippen LogP contribution is -2.24. The van der Waals surface area contributed by atoms with E-state index >= 15 is 0 Å². The average Bonchev–Trinajstić information content (AvgIpc) is 3.05. The number of nitrogens with one attached hydrogen (secondary N) is 1. The molecule has 3 nitrogen and oxygen atoms in total. The van der Waals surface area contributed by atoms with Crippen molar-refractivity contribution in [2.45, 2.75) is 25.8 Å². The molecule has 0 bridgehead atoms. The molecule has 1 aliphatic carbocycles. The summed E-state index contributed by atoms with van der Waals surface area (Å²) in [4.78, 5) is 10.5. The molecule has 17 heavy (non-hydrogen) atoms. The van der Waals surface area contributed by atoms with Crippen molar-refractivity contribution in [1.29, 1.82) is 0 Å². The first-order chi connectivity index (χ1) is 8.20. The van der Waals surface area contributed by atoms with Gasteiger partial charge in [-0.3, -0.25) is 0 Å². The van der Waals surface area contributed by atoms with Gasteiger partial charge in [0.05, 0.1) is 0 Å². The molecule has 0 saturated heterocycles. The highest BCUT2D eigenvalue weighted by Gasteiger charge is 2.40. The van der Waals surface area contributed by atoms with E-state index in [2.05, 4.69) is 30.4 Å². The molecule has 0 aromatic heterocycles. The van der Waals surface area contributed by atoms with Gasteiger partial charge in [0.15, 0.2) is 0 Å². The monoisotopic (exact) mass is 231 g/mol. The van der Waals surface area contributed by atoms with E-state index < -0.39 is 6.09 Å². The fraction of sp³-hybridized carbons (Fsp3) is 0.357. The largest absolute Gasteiger partial charge is 0.465 e. The van der Waals surface area contributed by atoms with Crippen LogP contribution in [0.1, 0.15) is 25.3 Å². The molecule has 2 unspecified atom stereocenters. The summed E-state index contributed by atoms with van der Waals surface area (Å²) < 4.78 is 0. The van der Waals surface area contributed by atoms with Crippen LogP contribution in [0.2, 0.25) is 0 Å². The molecule has 1 fully saturated rings. The van der Waals surface area contributed by atoms with Gasteiger partial charge in [0.1, 0.15) is 0 Å². The number of carboxylic acid groups (broad SMARTS) is 1. The molecule has 0 aliphatic heterocycles. The van der Waals surface area contributed by atoms with Gasteiger partial charge in [-0.1, -0.05) is 48.9 Å². The van der Waals surface area contributed by atoms with Crippen molar-refractivity contribution in [1.82, 2.24) is 5.32 Å². The second kappa shape index (κ2) is 5.04. The summed E-state index contributed by atoms with van der Waals surface area (Å²) >= 11 is 0. The van der Waals surface area contributed by atoms with Gasteiger partial charge < -0.3 is 10.4 Å². The fourth-order valence-corrected chi connectivity index (χ4v) is 2.16. The Morgan fingerprint density at radius 1 is 1.47 bits per heavy atom. The smallest absolute Gasteiger partial charge is 0.404 e. The first-order valence-corrected chi connectivity index (χ1v) is 5.95. The highest BCUT2D eigenvalue weighted by atomic mass is 16.4. The summed E-state index contributed by atoms with van der Waals surface area (Å²) in [5, 5.41) is 11.2. The van der Waals surface area contributed by atoms with Gasteiger partial charge in [-0.2, -0.15) is 0 Å². The van der Waals surface area contributed by atoms with Crippen molar-refractivity contribution in [3.8, 4) is 0 Å². The third-order valence-electron chi connectivity index (χ3n) is 3.14. The second-order valence-corrected chi connectivity index (χ2v) is 4.38. The molecule has 1 saturated carbocycles. The topological polar surface area (TPSA) is 49.3 Å². The Labute approximate surface area is 101 Å². The van der Waals surface area contributed by atoms with Crippen LogP contribution < -0.4 is 5.32 Å². The molecule has 1 aliphatic rings. The Morgan fingerprint density at radius 3 is 2.76 bits per heavy atom. The normalized spacial score (nSPS) is 23.2. The Morgan fingerprint density at radius 2 is 2.18 bits per heavy atom. The maximum Gasteiger partial charge on any atom is 0.404 e. The number of rotatable bonds is 4. The summed E-state index contributed by atoms with van der Waals surface area (Å²) in [6.07, 6.45) is 3.15. The second-order valence-electron chi connectivity index (χ2n) is 4.38. The van der Waals surface area contributed by atoms with Gasteiger partial charge in [0.2, 0.25) is 0 Å². The fourth-order valence-electron chi connectivity index (χ4n) is 2.16. The van der Waals surface area contributed by atoms with Crippen LogP contribution in [0.3, 0.4) is 0 Å². The minimum Gasteiger partial charge on any atom is -0.465 e. The lowest BCUT2D eigenvalue weighted by molar-refractivity contribution is 0.193. The van der Waals surface area contributed by atoms with Gasteiger partial charge in [-0.15, -0.1) is 0 Å². The minimum absolute atomic E-state index is 0.113. The van der Waals surface area contributed by atoms with E-state index in [0.29, 0.717) is 5.92 Å². The van der Waals surface area contributed by atoms with E-state index in [1.165, 1.54) is 11.1 Å². The van der Waals surface area contributed by atoms with E-state index in [0.717, 1.165) is 12.8 Å². The predicted octanol–water partition coefficient (Wildman–Crippen LogP) is 3.14. The zero-order valence-corrected chi connectivity index (χ0v) is 9.89. The number of amides is 1. The van der Waals surface area contributed by atoms with Crippen LogP contribution in [-0.2, 0) is 0 Å². The van der Waals surface area contributed by atoms with E-state index in [4.69, 9.17) is 5.11 Å². The van der Waals surface area contributed by atoms with Crippen molar-refractivity contribution < 1.29 is 9.90 Å². The van der Waals surface area contributed by atoms with Crippen molar-refractivity contribution in [2.24, 2.45) is 5.92 Å². The van der Waals surface area contributed by atoms with Gasteiger partial charge in [0.25, 0.3) is 0 Å². The van der Waals surface area contributed by atoms with Crippen LogP contribution in [0.15, 0.2) is 35.9 Å². The molecule has 0 heterocycles. The molecule has 1 aromatic carbocycles. The van der Waals surface area contributed by atoms with Gasteiger partial charge in [-0.25, -0.2) is 4.79 Å². The van der Waals surface area contributed by atoms with Gasteiger partial charge >= 0.3 is 6.09 Å². The highest BCUT2D eigenvalue weighted by molar-refractivity contribution is 5.66. The Bertz CT molecular complexity index is 425. The molecule has 0 spiro atoms. The quantitative estimate of drug-likeness (QED) is 0.836. The van der Waals surface area contributed by atoms with Gasteiger partial charge in [0, 0.05) is 12.0 Å². The molecule has 2 atom stereocenters. The van der Waals surface area contributed by atoms with E-state index in [1.807, 2.05) is 18.2 Å². The maximum atomic E-state index is 10.5. The molecule has 2 N–H and O–H groups in total. The van der Waals surface area contributed by atoms with Crippen LogP contribution >= 0.6 is 0 Å². The molecule has 2 rings (SSSR count). The summed E-state index contributed by atoms with van der Waals surface area (Å²) in [7, 11) is 0.